The van der Waals surface area contributed by atoms with Gasteiger partial charge in [0.05, 0.1) is 33.5 Å². The van der Waals surface area contributed by atoms with E-state index < -0.39 is 12.0 Å². The number of fused-ring (bicyclic) bond motifs is 2. The number of nitrogens with zero attached hydrogens (tertiary/aromatic N) is 2. The Morgan fingerprint density at radius 3 is 2.61 bits per heavy atom. The van der Waals surface area contributed by atoms with E-state index in [-0.39, 0.29) is 19.0 Å². The lowest BCUT2D eigenvalue weighted by molar-refractivity contribution is -0.139. The molecule has 0 radical (unpaired) electrons. The van der Waals surface area contributed by atoms with Gasteiger partial charge < -0.3 is 14.2 Å². The van der Waals surface area contributed by atoms with E-state index in [2.05, 4.69) is 18.8 Å². The first kappa shape index (κ1) is 24.3. The second-order valence-corrected chi connectivity index (χ2v) is 10.3. The minimum absolute atomic E-state index is 0.128. The molecule has 2 aliphatic rings. The molecule has 0 amide bonds. The maximum atomic E-state index is 13.8. The van der Waals surface area contributed by atoms with E-state index in [4.69, 9.17) is 25.8 Å². The number of benzene rings is 2. The van der Waals surface area contributed by atoms with Crippen molar-refractivity contribution in [1.29, 1.82) is 0 Å². The molecule has 1 atom stereocenters. The Balaban J connectivity index is 1.69. The van der Waals surface area contributed by atoms with Crippen molar-refractivity contribution >= 4 is 35.0 Å². The standard InChI is InChI=1S/C27H25ClN2O5S/c1-5-33-26(32)23-15(4)29-27-30(24(23)17-8-6-16(7-9-17)14(2)3)25(31)22(36-27)11-18-10-20-21(12-19(18)28)35-13-34-20/h6-12,14,24H,5,13H2,1-4H3. The second-order valence-electron chi connectivity index (χ2n) is 8.85. The van der Waals surface area contributed by atoms with E-state index in [9.17, 15) is 9.59 Å². The molecule has 5 rings (SSSR count). The zero-order valence-corrected chi connectivity index (χ0v) is 21.9. The van der Waals surface area contributed by atoms with Crippen molar-refractivity contribution in [3.05, 3.63) is 89.1 Å². The van der Waals surface area contributed by atoms with Crippen molar-refractivity contribution < 1.29 is 19.0 Å². The minimum atomic E-state index is -0.657. The minimum Gasteiger partial charge on any atom is -0.463 e. The fourth-order valence-corrected chi connectivity index (χ4v) is 5.60. The smallest absolute Gasteiger partial charge is 0.338 e. The molecule has 0 spiro atoms. The molecular weight excluding hydrogens is 500 g/mol. The first-order valence-electron chi connectivity index (χ1n) is 11.7. The maximum Gasteiger partial charge on any atom is 0.338 e. The fraction of sp³-hybridized carbons (Fsp3) is 0.296. The van der Waals surface area contributed by atoms with Crippen LogP contribution >= 0.6 is 22.9 Å². The third-order valence-corrected chi connectivity index (χ3v) is 7.52. The van der Waals surface area contributed by atoms with Gasteiger partial charge in [-0.15, -0.1) is 0 Å². The van der Waals surface area contributed by atoms with Gasteiger partial charge in [-0.05, 0) is 48.6 Å². The Labute approximate surface area is 216 Å². The quantitative estimate of drug-likeness (QED) is 0.465. The molecule has 1 unspecified atom stereocenters. The van der Waals surface area contributed by atoms with Crippen LogP contribution in [-0.4, -0.2) is 23.9 Å². The van der Waals surface area contributed by atoms with Gasteiger partial charge in [0.1, 0.15) is 0 Å². The Morgan fingerprint density at radius 2 is 1.94 bits per heavy atom. The van der Waals surface area contributed by atoms with E-state index in [1.165, 1.54) is 16.9 Å². The third-order valence-electron chi connectivity index (χ3n) is 6.21. The Bertz CT molecular complexity index is 1570. The predicted octanol–water partition coefficient (Wildman–Crippen LogP) is 4.30. The number of rotatable bonds is 5. The largest absolute Gasteiger partial charge is 0.463 e. The molecule has 3 heterocycles. The van der Waals surface area contributed by atoms with Crippen LogP contribution in [0.1, 0.15) is 56.3 Å². The van der Waals surface area contributed by atoms with Crippen molar-refractivity contribution in [2.24, 2.45) is 4.99 Å². The monoisotopic (exact) mass is 524 g/mol. The zero-order valence-electron chi connectivity index (χ0n) is 20.3. The Kier molecular flexibility index (Phi) is 6.49. The topological polar surface area (TPSA) is 79.1 Å². The number of hydrogen-bond donors (Lipinski definition) is 0. The van der Waals surface area contributed by atoms with E-state index in [0.717, 1.165) is 5.56 Å². The van der Waals surface area contributed by atoms with Crippen molar-refractivity contribution in [1.82, 2.24) is 4.57 Å². The van der Waals surface area contributed by atoms with Crippen molar-refractivity contribution in [2.75, 3.05) is 13.4 Å². The predicted molar refractivity (Wildman–Crippen MR) is 139 cm³/mol. The SMILES string of the molecule is CCOC(=O)C1=C(C)N=c2sc(=Cc3cc4c(cc3Cl)OCO4)c(=O)n2C1c1ccc(C(C)C)cc1. The van der Waals surface area contributed by atoms with Crippen LogP contribution in [0, 0.1) is 0 Å². The highest BCUT2D eigenvalue weighted by Gasteiger charge is 2.33. The summed E-state index contributed by atoms with van der Waals surface area (Å²) in [5.41, 5.74) is 3.23. The third kappa shape index (κ3) is 4.24. The van der Waals surface area contributed by atoms with Gasteiger partial charge in [-0.2, -0.15) is 0 Å². The number of carbonyl (C=O) groups is 1. The fourth-order valence-electron chi connectivity index (χ4n) is 4.35. The van der Waals surface area contributed by atoms with Crippen LogP contribution in [0.15, 0.2) is 57.5 Å². The molecule has 7 nitrogen and oxygen atoms in total. The summed E-state index contributed by atoms with van der Waals surface area (Å²) in [4.78, 5) is 31.9. The summed E-state index contributed by atoms with van der Waals surface area (Å²) in [7, 11) is 0. The number of allylic oxidation sites excluding steroid dienone is 1. The van der Waals surface area contributed by atoms with Crippen LogP contribution in [0.5, 0.6) is 11.5 Å². The summed E-state index contributed by atoms with van der Waals surface area (Å²) in [5.74, 6) is 1.01. The van der Waals surface area contributed by atoms with Gasteiger partial charge in [0.25, 0.3) is 5.56 Å². The van der Waals surface area contributed by atoms with Crippen LogP contribution in [0.25, 0.3) is 6.08 Å². The summed E-state index contributed by atoms with van der Waals surface area (Å²) < 4.78 is 18.2. The van der Waals surface area contributed by atoms with Crippen LogP contribution in [0.2, 0.25) is 5.02 Å². The molecule has 0 saturated carbocycles. The van der Waals surface area contributed by atoms with Gasteiger partial charge in [-0.25, -0.2) is 9.79 Å². The Hall–Kier alpha value is -3.36. The molecule has 0 N–H and O–H groups in total. The highest BCUT2D eigenvalue weighted by Crippen LogP contribution is 2.37. The van der Waals surface area contributed by atoms with Crippen molar-refractivity contribution in [3.8, 4) is 11.5 Å². The number of ether oxygens (including phenoxy) is 3. The van der Waals surface area contributed by atoms with Crippen LogP contribution < -0.4 is 24.4 Å². The first-order valence-corrected chi connectivity index (χ1v) is 12.9. The van der Waals surface area contributed by atoms with E-state index >= 15 is 0 Å². The lowest BCUT2D eigenvalue weighted by Crippen LogP contribution is -2.39. The maximum absolute atomic E-state index is 13.8. The number of hydrogen-bond acceptors (Lipinski definition) is 7. The summed E-state index contributed by atoms with van der Waals surface area (Å²) >= 11 is 7.71. The molecule has 0 saturated heterocycles. The summed E-state index contributed by atoms with van der Waals surface area (Å²) in [6.45, 7) is 8.11. The lowest BCUT2D eigenvalue weighted by Gasteiger charge is -2.25. The molecule has 3 aromatic rings. The average Bonchev–Trinajstić information content (AvgIpc) is 3.42. The van der Waals surface area contributed by atoms with Gasteiger partial charge in [0.15, 0.2) is 16.3 Å². The molecular formula is C27H25ClN2O5S. The Morgan fingerprint density at radius 1 is 1.25 bits per heavy atom. The molecule has 0 aliphatic carbocycles. The van der Waals surface area contributed by atoms with Crippen molar-refractivity contribution in [2.45, 2.75) is 39.7 Å². The van der Waals surface area contributed by atoms with E-state index in [0.29, 0.717) is 48.6 Å². The average molecular weight is 525 g/mol. The van der Waals surface area contributed by atoms with Gasteiger partial charge in [0.2, 0.25) is 6.79 Å². The van der Waals surface area contributed by atoms with Crippen LogP contribution in [0.3, 0.4) is 0 Å². The summed E-state index contributed by atoms with van der Waals surface area (Å²) in [6, 6.07) is 10.7. The lowest BCUT2D eigenvalue weighted by atomic mass is 9.93. The number of aromatic nitrogens is 1. The summed E-state index contributed by atoms with van der Waals surface area (Å²) in [5, 5.41) is 0.439. The van der Waals surface area contributed by atoms with E-state index in [1.807, 2.05) is 24.3 Å². The zero-order chi connectivity index (χ0) is 25.6. The molecule has 2 aliphatic heterocycles. The number of esters is 1. The highest BCUT2D eigenvalue weighted by molar-refractivity contribution is 7.07. The van der Waals surface area contributed by atoms with Crippen LogP contribution in [-0.2, 0) is 9.53 Å². The van der Waals surface area contributed by atoms with Crippen LogP contribution in [0.4, 0.5) is 0 Å². The molecule has 186 valence electrons. The highest BCUT2D eigenvalue weighted by atomic mass is 35.5. The number of carbonyl (C=O) groups excluding carboxylic acids is 1. The van der Waals surface area contributed by atoms with Gasteiger partial charge in [0, 0.05) is 6.07 Å². The summed E-state index contributed by atoms with van der Waals surface area (Å²) in [6.07, 6.45) is 1.72. The molecule has 0 fully saturated rings. The molecule has 36 heavy (non-hydrogen) atoms. The molecule has 9 heteroatoms. The van der Waals surface area contributed by atoms with Gasteiger partial charge in [-0.3, -0.25) is 9.36 Å². The first-order chi connectivity index (χ1) is 17.3. The molecule has 2 aromatic carbocycles. The van der Waals surface area contributed by atoms with Gasteiger partial charge >= 0.3 is 5.97 Å². The number of thiazole rings is 1. The molecule has 0 bridgehead atoms. The van der Waals surface area contributed by atoms with Crippen molar-refractivity contribution in [3.63, 3.8) is 0 Å². The number of halogens is 1. The van der Waals surface area contributed by atoms with Gasteiger partial charge in [-0.1, -0.05) is 61.1 Å². The van der Waals surface area contributed by atoms with E-state index in [1.54, 1.807) is 36.6 Å². The normalized spacial score (nSPS) is 16.8. The molecule has 1 aromatic heterocycles. The second kappa shape index (κ2) is 9.59.